The van der Waals surface area contributed by atoms with Crippen molar-refractivity contribution in [1.29, 1.82) is 0 Å². The molecule has 2 N–H and O–H groups in total. The molecule has 0 aliphatic rings. The van der Waals surface area contributed by atoms with E-state index < -0.39 is 16.5 Å². The quantitative estimate of drug-likeness (QED) is 0.401. The minimum absolute atomic E-state index is 0.0126. The van der Waals surface area contributed by atoms with Crippen molar-refractivity contribution in [3.05, 3.63) is 51.6 Å². The Kier molecular flexibility index (Phi) is 6.74. The molecule has 0 saturated heterocycles. The first-order valence-corrected chi connectivity index (χ1v) is 7.98. The number of nitro groups is 1. The summed E-state index contributed by atoms with van der Waals surface area (Å²) in [5.74, 6) is -0.0623. The number of hydrogen-bond acceptors (Lipinski definition) is 8. The van der Waals surface area contributed by atoms with Crippen molar-refractivity contribution in [2.24, 2.45) is 5.10 Å². The molecule has 2 aromatic rings. The summed E-state index contributed by atoms with van der Waals surface area (Å²) in [6, 6.07) is 7.58. The van der Waals surface area contributed by atoms with Gasteiger partial charge in [0.2, 0.25) is 11.7 Å². The molecule has 1 amide bonds. The van der Waals surface area contributed by atoms with E-state index in [2.05, 4.69) is 10.5 Å². The molecule has 2 aromatic carbocycles. The number of nitrogens with one attached hydrogen (secondary N) is 1. The second kappa shape index (κ2) is 9.21. The van der Waals surface area contributed by atoms with Crippen molar-refractivity contribution < 1.29 is 29.0 Å². The Hall–Kier alpha value is -3.82. The van der Waals surface area contributed by atoms with Gasteiger partial charge in [-0.15, -0.1) is 0 Å². The maximum atomic E-state index is 12.1. The van der Waals surface area contributed by atoms with Gasteiger partial charge in [0.25, 0.3) is 0 Å². The van der Waals surface area contributed by atoms with Crippen LogP contribution in [0.5, 0.6) is 23.0 Å². The Morgan fingerprint density at radius 1 is 1.18 bits per heavy atom. The molecule has 0 aliphatic heterocycles. The molecule has 0 saturated carbocycles. The van der Waals surface area contributed by atoms with Crippen LogP contribution in [0.2, 0.25) is 0 Å². The van der Waals surface area contributed by atoms with Gasteiger partial charge in [-0.3, -0.25) is 14.9 Å². The molecule has 0 bridgehead atoms. The van der Waals surface area contributed by atoms with Gasteiger partial charge in [-0.2, -0.15) is 5.10 Å². The molecule has 10 nitrogen and oxygen atoms in total. The van der Waals surface area contributed by atoms with Gasteiger partial charge in [-0.1, -0.05) is 6.07 Å². The SMILES string of the molecule is COc1ccc(CC(=O)N/N=C\c2ccc(O)c(OC)c2[N+](=O)[O-])cc1OC. The number of hydrogen-bond donors (Lipinski definition) is 2. The van der Waals surface area contributed by atoms with Crippen LogP contribution in [0.25, 0.3) is 0 Å². The van der Waals surface area contributed by atoms with Crippen LogP contribution in [0.3, 0.4) is 0 Å². The van der Waals surface area contributed by atoms with Crippen molar-refractivity contribution in [2.45, 2.75) is 6.42 Å². The van der Waals surface area contributed by atoms with Crippen LogP contribution >= 0.6 is 0 Å². The molecular weight excluding hydrogens is 370 g/mol. The van der Waals surface area contributed by atoms with Gasteiger partial charge in [0, 0.05) is 0 Å². The molecule has 0 radical (unpaired) electrons. The summed E-state index contributed by atoms with van der Waals surface area (Å²) >= 11 is 0. The normalized spacial score (nSPS) is 10.5. The molecular formula is C18H19N3O7. The van der Waals surface area contributed by atoms with Gasteiger partial charge in [-0.25, -0.2) is 5.43 Å². The highest BCUT2D eigenvalue weighted by molar-refractivity contribution is 5.89. The van der Waals surface area contributed by atoms with Crippen LogP contribution < -0.4 is 19.6 Å². The van der Waals surface area contributed by atoms with Crippen LogP contribution in [0.1, 0.15) is 11.1 Å². The van der Waals surface area contributed by atoms with Crippen LogP contribution in [0.4, 0.5) is 5.69 Å². The fraction of sp³-hybridized carbons (Fsp3) is 0.222. The lowest BCUT2D eigenvalue weighted by molar-refractivity contribution is -0.386. The minimum atomic E-state index is -0.703. The average molecular weight is 389 g/mol. The summed E-state index contributed by atoms with van der Waals surface area (Å²) in [5, 5.41) is 24.6. The Morgan fingerprint density at radius 3 is 2.50 bits per heavy atom. The van der Waals surface area contributed by atoms with Crippen LogP contribution in [-0.2, 0) is 11.2 Å². The number of ether oxygens (including phenoxy) is 3. The van der Waals surface area contributed by atoms with E-state index in [0.29, 0.717) is 17.1 Å². The van der Waals surface area contributed by atoms with Crippen molar-refractivity contribution in [3.63, 3.8) is 0 Å². The number of aromatic hydroxyl groups is 1. The zero-order valence-corrected chi connectivity index (χ0v) is 15.5. The molecule has 2 rings (SSSR count). The Balaban J connectivity index is 2.11. The van der Waals surface area contributed by atoms with E-state index in [0.717, 1.165) is 6.21 Å². The highest BCUT2D eigenvalue weighted by Gasteiger charge is 2.23. The largest absolute Gasteiger partial charge is 0.504 e. The van der Waals surface area contributed by atoms with E-state index in [1.54, 1.807) is 18.2 Å². The second-order valence-electron chi connectivity index (χ2n) is 5.47. The first kappa shape index (κ1) is 20.5. The summed E-state index contributed by atoms with van der Waals surface area (Å²) in [6.45, 7) is 0. The summed E-state index contributed by atoms with van der Waals surface area (Å²) < 4.78 is 15.2. The lowest BCUT2D eigenvalue weighted by Gasteiger charge is -2.09. The third kappa shape index (κ3) is 4.67. The number of hydrazone groups is 1. The molecule has 28 heavy (non-hydrogen) atoms. The number of rotatable bonds is 8. The van der Waals surface area contributed by atoms with E-state index in [4.69, 9.17) is 14.2 Å². The maximum Gasteiger partial charge on any atom is 0.323 e. The molecule has 0 aromatic heterocycles. The van der Waals surface area contributed by atoms with Gasteiger partial charge in [-0.05, 0) is 29.8 Å². The first-order chi connectivity index (χ1) is 13.4. The lowest BCUT2D eigenvalue weighted by atomic mass is 10.1. The maximum absolute atomic E-state index is 12.1. The highest BCUT2D eigenvalue weighted by atomic mass is 16.6. The van der Waals surface area contributed by atoms with Crippen molar-refractivity contribution in [1.82, 2.24) is 5.43 Å². The molecule has 0 atom stereocenters. The van der Waals surface area contributed by atoms with E-state index in [1.807, 2.05) is 0 Å². The number of nitro benzene ring substituents is 1. The summed E-state index contributed by atoms with van der Waals surface area (Å²) in [5.41, 5.74) is 2.57. The van der Waals surface area contributed by atoms with Gasteiger partial charge in [0.15, 0.2) is 17.2 Å². The average Bonchev–Trinajstić information content (AvgIpc) is 2.68. The van der Waals surface area contributed by atoms with Crippen LogP contribution in [0.15, 0.2) is 35.4 Å². The Morgan fingerprint density at radius 2 is 1.89 bits per heavy atom. The monoisotopic (exact) mass is 389 g/mol. The molecule has 0 heterocycles. The highest BCUT2D eigenvalue weighted by Crippen LogP contribution is 2.37. The number of benzene rings is 2. The second-order valence-corrected chi connectivity index (χ2v) is 5.47. The standard InChI is InChI=1S/C18H19N3O7/c1-26-14-7-4-11(8-15(14)27-2)9-16(23)20-19-10-12-5-6-13(22)18(28-3)17(12)21(24)25/h4-8,10,22H,9H2,1-3H3,(H,20,23)/b19-10-. The third-order valence-corrected chi connectivity index (χ3v) is 3.73. The van der Waals surface area contributed by atoms with E-state index in [1.165, 1.54) is 33.5 Å². The predicted molar refractivity (Wildman–Crippen MR) is 100 cm³/mol. The number of carbonyl (C=O) groups excluding carboxylic acids is 1. The van der Waals surface area contributed by atoms with Crippen molar-refractivity contribution >= 4 is 17.8 Å². The predicted octanol–water partition coefficient (Wildman–Crippen LogP) is 2.02. The molecule has 0 spiro atoms. The molecule has 0 fully saturated rings. The molecule has 0 aliphatic carbocycles. The van der Waals surface area contributed by atoms with Crippen LogP contribution in [-0.4, -0.2) is 43.5 Å². The minimum Gasteiger partial charge on any atom is -0.504 e. The van der Waals surface area contributed by atoms with Gasteiger partial charge in [0.05, 0.1) is 44.5 Å². The van der Waals surface area contributed by atoms with Crippen molar-refractivity contribution in [2.75, 3.05) is 21.3 Å². The number of methoxy groups -OCH3 is 3. The van der Waals surface area contributed by atoms with E-state index >= 15 is 0 Å². The van der Waals surface area contributed by atoms with Gasteiger partial charge < -0.3 is 19.3 Å². The summed E-state index contributed by atoms with van der Waals surface area (Å²) in [4.78, 5) is 22.6. The fourth-order valence-corrected chi connectivity index (χ4v) is 2.46. The fourth-order valence-electron chi connectivity index (χ4n) is 2.46. The molecule has 148 valence electrons. The smallest absolute Gasteiger partial charge is 0.323 e. The number of carbonyl (C=O) groups is 1. The number of phenols is 1. The third-order valence-electron chi connectivity index (χ3n) is 3.73. The Bertz CT molecular complexity index is 912. The van der Waals surface area contributed by atoms with E-state index in [9.17, 15) is 20.0 Å². The summed E-state index contributed by atoms with van der Waals surface area (Å²) in [7, 11) is 4.20. The zero-order valence-electron chi connectivity index (χ0n) is 15.5. The molecule has 10 heteroatoms. The lowest BCUT2D eigenvalue weighted by Crippen LogP contribution is -2.19. The summed E-state index contributed by atoms with van der Waals surface area (Å²) in [6.07, 6.45) is 1.12. The van der Waals surface area contributed by atoms with Crippen LogP contribution in [0, 0.1) is 10.1 Å². The number of amides is 1. The first-order valence-electron chi connectivity index (χ1n) is 7.98. The van der Waals surface area contributed by atoms with Crippen molar-refractivity contribution in [3.8, 4) is 23.0 Å². The number of nitrogens with zero attached hydrogens (tertiary/aromatic N) is 2. The topological polar surface area (TPSA) is 133 Å². The Labute approximate surface area is 160 Å². The van der Waals surface area contributed by atoms with E-state index in [-0.39, 0.29) is 23.5 Å². The molecule has 0 unspecified atom stereocenters. The van der Waals surface area contributed by atoms with Gasteiger partial charge >= 0.3 is 5.69 Å². The number of phenolic OH excluding ortho intramolecular Hbond substituents is 1. The van der Waals surface area contributed by atoms with Gasteiger partial charge in [0.1, 0.15) is 0 Å². The zero-order chi connectivity index (χ0) is 20.7.